The van der Waals surface area contributed by atoms with Crippen LogP contribution in [0.15, 0.2) is 10.7 Å². The van der Waals surface area contributed by atoms with Crippen molar-refractivity contribution < 1.29 is 19.4 Å². The number of aromatic carboxylic acids is 1. The smallest absolute Gasteiger partial charge is 0.340 e. The van der Waals surface area contributed by atoms with Gasteiger partial charge >= 0.3 is 5.97 Å². The maximum atomic E-state index is 10.9. The van der Waals surface area contributed by atoms with Crippen molar-refractivity contribution in [3.8, 4) is 11.6 Å². The molecule has 0 amide bonds. The molecule has 0 aromatic carbocycles. The lowest BCUT2D eigenvalue weighted by Crippen LogP contribution is -2.19. The van der Waals surface area contributed by atoms with Crippen LogP contribution in [0.3, 0.4) is 0 Å². The molecule has 0 aliphatic carbocycles. The topological polar surface area (TPSA) is 68.7 Å². The SMILES string of the molecule is O=C(O)c1c(Br)cnc2c1OCCO2. The molecule has 14 heavy (non-hydrogen) atoms. The van der Waals surface area contributed by atoms with Crippen molar-refractivity contribution in [1.82, 2.24) is 4.98 Å². The molecule has 1 aromatic rings. The summed E-state index contributed by atoms with van der Waals surface area (Å²) in [5, 5.41) is 8.93. The van der Waals surface area contributed by atoms with Crippen molar-refractivity contribution in [3.05, 3.63) is 16.2 Å². The molecule has 0 atom stereocenters. The molecule has 5 nitrogen and oxygen atoms in total. The number of carboxylic acids is 1. The maximum absolute atomic E-state index is 10.9. The molecule has 2 rings (SSSR count). The fourth-order valence-corrected chi connectivity index (χ4v) is 1.62. The first-order chi connectivity index (χ1) is 6.70. The van der Waals surface area contributed by atoms with Crippen molar-refractivity contribution in [1.29, 1.82) is 0 Å². The zero-order chi connectivity index (χ0) is 10.1. The van der Waals surface area contributed by atoms with Crippen molar-refractivity contribution in [2.45, 2.75) is 0 Å². The predicted molar refractivity (Wildman–Crippen MR) is 49.9 cm³/mol. The lowest BCUT2D eigenvalue weighted by Gasteiger charge is -2.18. The number of hydrogen-bond acceptors (Lipinski definition) is 4. The minimum absolute atomic E-state index is 0.0506. The summed E-state index contributed by atoms with van der Waals surface area (Å²) in [5.41, 5.74) is 0.0506. The fourth-order valence-electron chi connectivity index (χ4n) is 1.17. The Balaban J connectivity index is 2.60. The number of aromatic nitrogens is 1. The van der Waals surface area contributed by atoms with E-state index in [4.69, 9.17) is 14.6 Å². The number of pyridine rings is 1. The highest BCUT2D eigenvalue weighted by Gasteiger charge is 2.24. The minimum atomic E-state index is -1.07. The lowest BCUT2D eigenvalue weighted by molar-refractivity contribution is 0.0683. The van der Waals surface area contributed by atoms with Crippen LogP contribution in [0.2, 0.25) is 0 Å². The molecule has 0 bridgehead atoms. The molecule has 0 unspecified atom stereocenters. The Morgan fingerprint density at radius 2 is 2.21 bits per heavy atom. The van der Waals surface area contributed by atoms with Gasteiger partial charge in [0.15, 0.2) is 5.75 Å². The number of rotatable bonds is 1. The Morgan fingerprint density at radius 1 is 1.50 bits per heavy atom. The predicted octanol–water partition coefficient (Wildman–Crippen LogP) is 1.31. The van der Waals surface area contributed by atoms with E-state index < -0.39 is 5.97 Å². The third kappa shape index (κ3) is 1.41. The molecule has 0 fully saturated rings. The van der Waals surface area contributed by atoms with E-state index in [0.29, 0.717) is 17.7 Å². The van der Waals surface area contributed by atoms with Gasteiger partial charge in [0.2, 0.25) is 0 Å². The van der Waals surface area contributed by atoms with Gasteiger partial charge in [-0.25, -0.2) is 9.78 Å². The summed E-state index contributed by atoms with van der Waals surface area (Å²) in [5.74, 6) is -0.643. The second-order valence-corrected chi connectivity index (χ2v) is 3.47. The summed E-state index contributed by atoms with van der Waals surface area (Å²) in [6.07, 6.45) is 1.39. The van der Waals surface area contributed by atoms with E-state index in [2.05, 4.69) is 20.9 Å². The first kappa shape index (κ1) is 9.26. The normalized spacial score (nSPS) is 13.8. The van der Waals surface area contributed by atoms with Crippen molar-refractivity contribution in [2.24, 2.45) is 0 Å². The van der Waals surface area contributed by atoms with E-state index in [1.807, 2.05) is 0 Å². The summed E-state index contributed by atoms with van der Waals surface area (Å²) in [4.78, 5) is 14.8. The summed E-state index contributed by atoms with van der Waals surface area (Å²) < 4.78 is 10.7. The average molecular weight is 260 g/mol. The zero-order valence-electron chi connectivity index (χ0n) is 6.99. The standard InChI is InChI=1S/C8H6BrNO4/c9-4-3-10-7-6(5(4)8(11)12)13-1-2-14-7/h3H,1-2H2,(H,11,12). The second kappa shape index (κ2) is 3.45. The van der Waals surface area contributed by atoms with Gasteiger partial charge in [0.25, 0.3) is 5.88 Å². The zero-order valence-corrected chi connectivity index (χ0v) is 8.57. The quantitative estimate of drug-likeness (QED) is 0.824. The van der Waals surface area contributed by atoms with Crippen molar-refractivity contribution in [3.63, 3.8) is 0 Å². The van der Waals surface area contributed by atoms with Gasteiger partial charge in [0.1, 0.15) is 18.8 Å². The minimum Gasteiger partial charge on any atom is -0.484 e. The molecule has 2 heterocycles. The molecule has 74 valence electrons. The van der Waals surface area contributed by atoms with Crippen LogP contribution in [0.25, 0.3) is 0 Å². The summed E-state index contributed by atoms with van der Waals surface area (Å²) in [7, 11) is 0. The van der Waals surface area contributed by atoms with Crippen LogP contribution in [0, 0.1) is 0 Å². The van der Waals surface area contributed by atoms with Gasteiger partial charge < -0.3 is 14.6 Å². The van der Waals surface area contributed by atoms with Gasteiger partial charge in [-0.1, -0.05) is 0 Å². The molecule has 1 aliphatic rings. The van der Waals surface area contributed by atoms with Crippen LogP contribution in [0.5, 0.6) is 11.6 Å². The van der Waals surface area contributed by atoms with E-state index in [0.717, 1.165) is 0 Å². The van der Waals surface area contributed by atoms with Gasteiger partial charge in [0.05, 0.1) is 4.47 Å². The van der Waals surface area contributed by atoms with Crippen LogP contribution in [-0.4, -0.2) is 29.3 Å². The molecular formula is C8H6BrNO4. The first-order valence-electron chi connectivity index (χ1n) is 3.87. The van der Waals surface area contributed by atoms with Gasteiger partial charge in [-0.2, -0.15) is 0 Å². The molecule has 0 spiro atoms. The molecular weight excluding hydrogens is 254 g/mol. The molecule has 6 heteroatoms. The van der Waals surface area contributed by atoms with Crippen LogP contribution in [0.4, 0.5) is 0 Å². The third-order valence-electron chi connectivity index (χ3n) is 1.74. The lowest BCUT2D eigenvalue weighted by atomic mass is 10.2. The summed E-state index contributed by atoms with van der Waals surface area (Å²) in [6.45, 7) is 0.728. The number of carboxylic acid groups (broad SMARTS) is 1. The highest BCUT2D eigenvalue weighted by molar-refractivity contribution is 9.10. The fraction of sp³-hybridized carbons (Fsp3) is 0.250. The van der Waals surface area contributed by atoms with E-state index >= 15 is 0 Å². The van der Waals surface area contributed by atoms with Gasteiger partial charge in [-0.3, -0.25) is 0 Å². The molecule has 1 N–H and O–H groups in total. The number of halogens is 1. The highest BCUT2D eigenvalue weighted by atomic mass is 79.9. The monoisotopic (exact) mass is 259 g/mol. The maximum Gasteiger partial charge on any atom is 0.340 e. The summed E-state index contributed by atoms with van der Waals surface area (Å²) >= 11 is 3.10. The first-order valence-corrected chi connectivity index (χ1v) is 4.67. The highest BCUT2D eigenvalue weighted by Crippen LogP contribution is 2.35. The Labute approximate surface area is 87.8 Å². The van der Waals surface area contributed by atoms with Crippen LogP contribution in [-0.2, 0) is 0 Å². The van der Waals surface area contributed by atoms with Crippen molar-refractivity contribution >= 4 is 21.9 Å². The number of ether oxygens (including phenoxy) is 2. The average Bonchev–Trinajstić information content (AvgIpc) is 2.17. The Hall–Kier alpha value is -1.30. The van der Waals surface area contributed by atoms with E-state index in [9.17, 15) is 4.79 Å². The molecule has 1 aromatic heterocycles. The number of carbonyl (C=O) groups is 1. The number of hydrogen-bond donors (Lipinski definition) is 1. The van der Waals surface area contributed by atoms with Gasteiger partial charge in [-0.15, -0.1) is 0 Å². The van der Waals surface area contributed by atoms with Gasteiger partial charge in [-0.05, 0) is 15.9 Å². The van der Waals surface area contributed by atoms with Crippen molar-refractivity contribution in [2.75, 3.05) is 13.2 Å². The van der Waals surface area contributed by atoms with Gasteiger partial charge in [0, 0.05) is 6.20 Å². The van der Waals surface area contributed by atoms with E-state index in [-0.39, 0.29) is 17.2 Å². The Kier molecular flexibility index (Phi) is 2.28. The van der Waals surface area contributed by atoms with Crippen LogP contribution in [0.1, 0.15) is 10.4 Å². The Bertz CT molecular complexity index is 393. The van der Waals surface area contributed by atoms with E-state index in [1.165, 1.54) is 6.20 Å². The number of nitrogens with zero attached hydrogens (tertiary/aromatic N) is 1. The van der Waals surface area contributed by atoms with Crippen LogP contribution >= 0.6 is 15.9 Å². The Morgan fingerprint density at radius 3 is 2.93 bits per heavy atom. The second-order valence-electron chi connectivity index (χ2n) is 2.62. The molecule has 1 aliphatic heterocycles. The third-order valence-corrected chi connectivity index (χ3v) is 2.34. The molecule has 0 saturated carbocycles. The van der Waals surface area contributed by atoms with E-state index in [1.54, 1.807) is 0 Å². The number of fused-ring (bicyclic) bond motifs is 1. The molecule has 0 radical (unpaired) electrons. The van der Waals surface area contributed by atoms with Crippen LogP contribution < -0.4 is 9.47 Å². The largest absolute Gasteiger partial charge is 0.484 e. The summed E-state index contributed by atoms with van der Waals surface area (Å²) in [6, 6.07) is 0. The molecule has 0 saturated heterocycles.